The molecule has 156 valence electrons. The molecule has 1 aliphatic heterocycles. The number of carboxylic acids is 1. The zero-order valence-corrected chi connectivity index (χ0v) is 17.5. The fraction of sp³-hybridized carbons (Fsp3) is 0.167. The van der Waals surface area contributed by atoms with Gasteiger partial charge in [-0.3, -0.25) is 4.79 Å². The molecule has 3 aromatic rings. The van der Waals surface area contributed by atoms with Crippen LogP contribution >= 0.6 is 11.3 Å². The van der Waals surface area contributed by atoms with Gasteiger partial charge in [-0.2, -0.15) is 0 Å². The summed E-state index contributed by atoms with van der Waals surface area (Å²) in [7, 11) is 1.54. The number of benzene rings is 2. The van der Waals surface area contributed by atoms with E-state index in [9.17, 15) is 14.7 Å². The van der Waals surface area contributed by atoms with Crippen molar-refractivity contribution >= 4 is 28.9 Å². The van der Waals surface area contributed by atoms with E-state index in [1.165, 1.54) is 18.4 Å². The molecular weight excluding hydrogens is 414 g/mol. The number of rotatable bonds is 6. The smallest absolute Gasteiger partial charge is 0.346 e. The van der Waals surface area contributed by atoms with Crippen LogP contribution in [0.5, 0.6) is 11.5 Å². The molecule has 0 spiro atoms. The summed E-state index contributed by atoms with van der Waals surface area (Å²) in [6.07, 6.45) is 5.51. The van der Waals surface area contributed by atoms with Gasteiger partial charge in [0.2, 0.25) is 5.91 Å². The normalized spacial score (nSPS) is 14.8. The van der Waals surface area contributed by atoms with Gasteiger partial charge in [-0.25, -0.2) is 4.79 Å². The Labute approximate surface area is 183 Å². The van der Waals surface area contributed by atoms with Gasteiger partial charge in [0.15, 0.2) is 11.5 Å². The van der Waals surface area contributed by atoms with E-state index in [-0.39, 0.29) is 29.7 Å². The number of ether oxygens (including phenoxy) is 2. The van der Waals surface area contributed by atoms with E-state index in [2.05, 4.69) is 11.2 Å². The lowest BCUT2D eigenvalue weighted by Crippen LogP contribution is -2.22. The maximum absolute atomic E-state index is 12.6. The fourth-order valence-corrected chi connectivity index (χ4v) is 4.98. The summed E-state index contributed by atoms with van der Waals surface area (Å²) in [4.78, 5) is 25.6. The molecular formula is C24H19NO5S. The molecule has 4 rings (SSSR count). The second-order valence-electron chi connectivity index (χ2n) is 6.92. The predicted octanol–water partition coefficient (Wildman–Crippen LogP) is 4.61. The Bertz CT molecular complexity index is 1190. The predicted molar refractivity (Wildman–Crippen MR) is 119 cm³/mol. The van der Waals surface area contributed by atoms with E-state index < -0.39 is 5.97 Å². The standard InChI is InChI=1S/C24H19NO5S/c1-3-11-30-18-12-15(9-10-17(18)29-2)16-13-19(26)25-21-20(14-7-5-4-6-8-14)23(24(27)28)31-22(16)21/h1,4-10,12,16H,11,13H2,2H3,(H,25,26)(H,27,28). The highest BCUT2D eigenvalue weighted by Gasteiger charge is 2.34. The lowest BCUT2D eigenvalue weighted by atomic mass is 9.88. The summed E-state index contributed by atoms with van der Waals surface area (Å²) in [5.74, 6) is 1.91. The third-order valence-electron chi connectivity index (χ3n) is 5.06. The maximum Gasteiger partial charge on any atom is 0.346 e. The number of thiophene rings is 1. The van der Waals surface area contributed by atoms with Crippen LogP contribution in [0.15, 0.2) is 48.5 Å². The summed E-state index contributed by atoms with van der Waals surface area (Å²) in [5, 5.41) is 12.7. The third kappa shape index (κ3) is 3.86. The number of amides is 1. The van der Waals surface area contributed by atoms with Gasteiger partial charge in [-0.05, 0) is 23.3 Å². The Morgan fingerprint density at radius 1 is 1.26 bits per heavy atom. The summed E-state index contributed by atoms with van der Waals surface area (Å²) in [6.45, 7) is 0.0799. The SMILES string of the molecule is C#CCOc1cc(C2CC(=O)Nc3c2sc(C(=O)O)c3-c2ccccc2)ccc1OC. The van der Waals surface area contributed by atoms with E-state index in [0.29, 0.717) is 22.7 Å². The van der Waals surface area contributed by atoms with E-state index in [0.717, 1.165) is 16.0 Å². The minimum atomic E-state index is -1.03. The number of hydrogen-bond acceptors (Lipinski definition) is 5. The Morgan fingerprint density at radius 3 is 2.71 bits per heavy atom. The largest absolute Gasteiger partial charge is 0.493 e. The van der Waals surface area contributed by atoms with Crippen molar-refractivity contribution in [1.82, 2.24) is 0 Å². The number of methoxy groups -OCH3 is 1. The van der Waals surface area contributed by atoms with Crippen molar-refractivity contribution in [3.8, 4) is 35.0 Å². The summed E-state index contributed by atoms with van der Waals surface area (Å²) < 4.78 is 10.9. The van der Waals surface area contributed by atoms with Crippen LogP contribution in [0.2, 0.25) is 0 Å². The average Bonchev–Trinajstić information content (AvgIpc) is 3.17. The van der Waals surface area contributed by atoms with E-state index >= 15 is 0 Å². The molecule has 0 saturated heterocycles. The Hall–Kier alpha value is -3.76. The topological polar surface area (TPSA) is 84.9 Å². The first-order chi connectivity index (χ1) is 15.0. The van der Waals surface area contributed by atoms with E-state index in [1.807, 2.05) is 36.4 Å². The summed E-state index contributed by atoms with van der Waals surface area (Å²) in [5.41, 5.74) is 2.65. The molecule has 0 fully saturated rings. The fourth-order valence-electron chi connectivity index (χ4n) is 3.73. The van der Waals surface area contributed by atoms with Crippen molar-refractivity contribution in [2.45, 2.75) is 12.3 Å². The minimum Gasteiger partial charge on any atom is -0.493 e. The van der Waals surface area contributed by atoms with Gasteiger partial charge in [0.25, 0.3) is 0 Å². The zero-order chi connectivity index (χ0) is 22.0. The second kappa shape index (κ2) is 8.54. The van der Waals surface area contributed by atoms with Gasteiger partial charge >= 0.3 is 5.97 Å². The van der Waals surface area contributed by atoms with Crippen LogP contribution < -0.4 is 14.8 Å². The number of hydrogen-bond donors (Lipinski definition) is 2. The highest BCUT2D eigenvalue weighted by Crippen LogP contribution is 2.50. The lowest BCUT2D eigenvalue weighted by molar-refractivity contribution is -0.116. The van der Waals surface area contributed by atoms with Gasteiger partial charge in [0.1, 0.15) is 11.5 Å². The first-order valence-corrected chi connectivity index (χ1v) is 10.3. The average molecular weight is 433 g/mol. The van der Waals surface area contributed by atoms with Crippen LogP contribution in [0.25, 0.3) is 11.1 Å². The van der Waals surface area contributed by atoms with Crippen LogP contribution in [0.3, 0.4) is 0 Å². The highest BCUT2D eigenvalue weighted by molar-refractivity contribution is 7.15. The van der Waals surface area contributed by atoms with Crippen LogP contribution in [-0.2, 0) is 4.79 Å². The quantitative estimate of drug-likeness (QED) is 0.555. The molecule has 7 heteroatoms. The molecule has 2 heterocycles. The van der Waals surface area contributed by atoms with E-state index in [1.54, 1.807) is 12.1 Å². The molecule has 0 saturated carbocycles. The Kier molecular flexibility index (Phi) is 5.65. The number of fused-ring (bicyclic) bond motifs is 1. The number of anilines is 1. The Morgan fingerprint density at radius 2 is 2.03 bits per heavy atom. The highest BCUT2D eigenvalue weighted by atomic mass is 32.1. The maximum atomic E-state index is 12.6. The number of nitrogens with one attached hydrogen (secondary N) is 1. The van der Waals surface area contributed by atoms with Crippen molar-refractivity contribution in [1.29, 1.82) is 0 Å². The van der Waals surface area contributed by atoms with Crippen LogP contribution in [0, 0.1) is 12.3 Å². The molecule has 1 unspecified atom stereocenters. The van der Waals surface area contributed by atoms with Gasteiger partial charge in [0.05, 0.1) is 12.8 Å². The number of terminal acetylenes is 1. The third-order valence-corrected chi connectivity index (χ3v) is 6.36. The van der Waals surface area contributed by atoms with Crippen LogP contribution in [-0.4, -0.2) is 30.7 Å². The number of carbonyl (C=O) groups is 2. The molecule has 0 aliphatic carbocycles. The van der Waals surface area contributed by atoms with E-state index in [4.69, 9.17) is 15.9 Å². The molecule has 2 N–H and O–H groups in total. The molecule has 1 aliphatic rings. The molecule has 31 heavy (non-hydrogen) atoms. The monoisotopic (exact) mass is 433 g/mol. The van der Waals surface area contributed by atoms with Gasteiger partial charge < -0.3 is 19.9 Å². The van der Waals surface area contributed by atoms with Crippen LogP contribution in [0.4, 0.5) is 5.69 Å². The summed E-state index contributed by atoms with van der Waals surface area (Å²) in [6, 6.07) is 14.6. The second-order valence-corrected chi connectivity index (χ2v) is 7.98. The zero-order valence-electron chi connectivity index (χ0n) is 16.7. The van der Waals surface area contributed by atoms with Crippen LogP contribution in [0.1, 0.15) is 32.5 Å². The van der Waals surface area contributed by atoms with Crippen molar-refractivity contribution < 1.29 is 24.2 Å². The Balaban J connectivity index is 1.87. The molecule has 1 atom stereocenters. The van der Waals surface area contributed by atoms with Crippen molar-refractivity contribution in [3.63, 3.8) is 0 Å². The molecule has 1 amide bonds. The lowest BCUT2D eigenvalue weighted by Gasteiger charge is -2.24. The first kappa shape index (κ1) is 20.5. The van der Waals surface area contributed by atoms with Gasteiger partial charge in [-0.1, -0.05) is 42.3 Å². The summed E-state index contributed by atoms with van der Waals surface area (Å²) >= 11 is 1.18. The van der Waals surface area contributed by atoms with Crippen molar-refractivity contribution in [2.75, 3.05) is 19.0 Å². The molecule has 2 aromatic carbocycles. The molecule has 0 radical (unpaired) electrons. The molecule has 1 aromatic heterocycles. The van der Waals surface area contributed by atoms with Gasteiger partial charge in [0, 0.05) is 22.8 Å². The minimum absolute atomic E-state index is 0.0799. The van der Waals surface area contributed by atoms with Crippen molar-refractivity contribution in [2.24, 2.45) is 0 Å². The number of aromatic carboxylic acids is 1. The number of carbonyl (C=O) groups excluding carboxylic acids is 1. The van der Waals surface area contributed by atoms with Crippen molar-refractivity contribution in [3.05, 3.63) is 63.8 Å². The van der Waals surface area contributed by atoms with Gasteiger partial charge in [-0.15, -0.1) is 17.8 Å². The molecule has 0 bridgehead atoms. The first-order valence-electron chi connectivity index (χ1n) is 9.53. The number of carboxylic acid groups (broad SMARTS) is 1. The molecule has 6 nitrogen and oxygen atoms in total.